The van der Waals surface area contributed by atoms with Gasteiger partial charge in [0.1, 0.15) is 12.1 Å². The van der Waals surface area contributed by atoms with Crippen LogP contribution in [0.2, 0.25) is 0 Å². The largest absolute Gasteiger partial charge is 0.388 e. The molecule has 2 rings (SSSR count). The fourth-order valence-corrected chi connectivity index (χ4v) is 1.89. The molecule has 78 valence electrons. The Hall–Kier alpha value is -0.460. The molecule has 0 aromatic carbocycles. The molecule has 0 bridgehead atoms. The topological polar surface area (TPSA) is 60.2 Å². The van der Waals surface area contributed by atoms with Crippen molar-refractivity contribution in [2.45, 2.75) is 23.9 Å². The van der Waals surface area contributed by atoms with Crippen LogP contribution < -0.4 is 0 Å². The Balaban J connectivity index is 2.26. The van der Waals surface area contributed by atoms with Gasteiger partial charge >= 0.3 is 0 Å². The summed E-state index contributed by atoms with van der Waals surface area (Å²) in [5.74, 6) is 0. The van der Waals surface area contributed by atoms with E-state index >= 15 is 0 Å². The Morgan fingerprint density at radius 2 is 2.50 bits per heavy atom. The van der Waals surface area contributed by atoms with Crippen molar-refractivity contribution in [3.8, 4) is 0 Å². The van der Waals surface area contributed by atoms with Crippen LogP contribution in [-0.4, -0.2) is 39.4 Å². The number of hydrogen-bond donors (Lipinski definition) is 1. The molecular formula is C8H12BrN3O2. The van der Waals surface area contributed by atoms with Crippen molar-refractivity contribution in [3.05, 3.63) is 11.9 Å². The van der Waals surface area contributed by atoms with E-state index < -0.39 is 6.10 Å². The first-order valence-electron chi connectivity index (χ1n) is 4.50. The van der Waals surface area contributed by atoms with Crippen LogP contribution in [-0.2, 0) is 4.74 Å². The summed E-state index contributed by atoms with van der Waals surface area (Å²) in [6.07, 6.45) is 1.21. The van der Waals surface area contributed by atoms with Gasteiger partial charge in [0.15, 0.2) is 0 Å². The molecule has 0 saturated carbocycles. The van der Waals surface area contributed by atoms with Crippen molar-refractivity contribution in [1.82, 2.24) is 15.0 Å². The molecule has 0 radical (unpaired) electrons. The lowest BCUT2D eigenvalue weighted by Crippen LogP contribution is -2.24. The molecule has 1 fully saturated rings. The number of aliphatic hydroxyl groups excluding tert-OH is 1. The summed E-state index contributed by atoms with van der Waals surface area (Å²) in [4.78, 5) is 0.172. The van der Waals surface area contributed by atoms with Crippen molar-refractivity contribution >= 4 is 15.9 Å². The molecule has 1 aliphatic rings. The van der Waals surface area contributed by atoms with Crippen molar-refractivity contribution in [2.75, 3.05) is 13.2 Å². The van der Waals surface area contributed by atoms with Crippen LogP contribution in [0, 0.1) is 0 Å². The zero-order valence-corrected chi connectivity index (χ0v) is 9.38. The van der Waals surface area contributed by atoms with E-state index in [4.69, 9.17) is 4.74 Å². The van der Waals surface area contributed by atoms with Crippen LogP contribution >= 0.6 is 15.9 Å². The molecule has 6 heteroatoms. The highest BCUT2D eigenvalue weighted by molar-refractivity contribution is 9.09. The molecule has 0 amide bonds. The number of aromatic nitrogens is 3. The molecule has 14 heavy (non-hydrogen) atoms. The second-order valence-electron chi connectivity index (χ2n) is 3.39. The van der Waals surface area contributed by atoms with Crippen molar-refractivity contribution in [2.24, 2.45) is 0 Å². The standard InChI is InChI=1S/C8H12BrN3O2/c1-5(9)6-2-10-11-12(6)7-3-14-4-8(7)13/h2,5,7-8,13H,3-4H2,1H3. The molecule has 3 atom stereocenters. The molecule has 1 aromatic rings. The van der Waals surface area contributed by atoms with Gasteiger partial charge in [0.05, 0.1) is 29.9 Å². The quantitative estimate of drug-likeness (QED) is 0.796. The smallest absolute Gasteiger partial charge is 0.105 e. The van der Waals surface area contributed by atoms with Gasteiger partial charge in [-0.3, -0.25) is 0 Å². The highest BCUT2D eigenvalue weighted by Gasteiger charge is 2.30. The van der Waals surface area contributed by atoms with Gasteiger partial charge in [-0.15, -0.1) is 5.10 Å². The van der Waals surface area contributed by atoms with Gasteiger partial charge in [-0.25, -0.2) is 4.68 Å². The molecule has 1 aliphatic heterocycles. The first-order valence-corrected chi connectivity index (χ1v) is 5.41. The molecule has 2 heterocycles. The average molecular weight is 262 g/mol. The third-order valence-corrected chi connectivity index (χ3v) is 2.81. The molecule has 3 unspecified atom stereocenters. The third-order valence-electron chi connectivity index (χ3n) is 2.35. The molecule has 1 aromatic heterocycles. The van der Waals surface area contributed by atoms with E-state index in [0.717, 1.165) is 5.69 Å². The van der Waals surface area contributed by atoms with Crippen molar-refractivity contribution < 1.29 is 9.84 Å². The number of halogens is 1. The highest BCUT2D eigenvalue weighted by atomic mass is 79.9. The monoisotopic (exact) mass is 261 g/mol. The summed E-state index contributed by atoms with van der Waals surface area (Å²) in [5.41, 5.74) is 0.958. The number of alkyl halides is 1. The zero-order chi connectivity index (χ0) is 10.1. The Morgan fingerprint density at radius 1 is 1.71 bits per heavy atom. The zero-order valence-electron chi connectivity index (χ0n) is 7.80. The fourth-order valence-electron chi connectivity index (χ4n) is 1.56. The second kappa shape index (κ2) is 3.96. The SMILES string of the molecule is CC(Br)c1cnnn1C1COCC1O. The van der Waals surface area contributed by atoms with Gasteiger partial charge in [0.2, 0.25) is 0 Å². The average Bonchev–Trinajstić information content (AvgIpc) is 2.70. The number of ether oxygens (including phenoxy) is 1. The van der Waals surface area contributed by atoms with Gasteiger partial charge in [0, 0.05) is 0 Å². The summed E-state index contributed by atoms with van der Waals surface area (Å²) >= 11 is 3.46. The lowest BCUT2D eigenvalue weighted by atomic mass is 10.2. The summed E-state index contributed by atoms with van der Waals surface area (Å²) in [6, 6.07) is -0.104. The molecular weight excluding hydrogens is 250 g/mol. The lowest BCUT2D eigenvalue weighted by molar-refractivity contribution is 0.117. The van der Waals surface area contributed by atoms with Crippen LogP contribution in [0.5, 0.6) is 0 Å². The Labute approximate surface area is 90.2 Å². The minimum Gasteiger partial charge on any atom is -0.388 e. The number of nitrogens with zero attached hydrogens (tertiary/aromatic N) is 3. The summed E-state index contributed by atoms with van der Waals surface area (Å²) < 4.78 is 6.91. The first kappa shape index (κ1) is 10.1. The molecule has 5 nitrogen and oxygen atoms in total. The molecule has 1 saturated heterocycles. The summed E-state index contributed by atoms with van der Waals surface area (Å²) in [7, 11) is 0. The minimum atomic E-state index is -0.485. The molecule has 0 aliphatic carbocycles. The predicted molar refractivity (Wildman–Crippen MR) is 53.2 cm³/mol. The lowest BCUT2D eigenvalue weighted by Gasteiger charge is -2.16. The second-order valence-corrected chi connectivity index (χ2v) is 4.77. The molecule has 0 spiro atoms. The van der Waals surface area contributed by atoms with E-state index in [1.165, 1.54) is 0 Å². The van der Waals surface area contributed by atoms with Gasteiger partial charge in [-0.2, -0.15) is 0 Å². The van der Waals surface area contributed by atoms with Crippen LogP contribution in [0.25, 0.3) is 0 Å². The maximum absolute atomic E-state index is 9.64. The van der Waals surface area contributed by atoms with Gasteiger partial charge in [-0.1, -0.05) is 21.1 Å². The van der Waals surface area contributed by atoms with Gasteiger partial charge in [0.25, 0.3) is 0 Å². The van der Waals surface area contributed by atoms with Crippen LogP contribution in [0.15, 0.2) is 6.20 Å². The van der Waals surface area contributed by atoms with E-state index in [1.54, 1.807) is 10.9 Å². The van der Waals surface area contributed by atoms with E-state index in [2.05, 4.69) is 26.2 Å². The minimum absolute atomic E-state index is 0.104. The Bertz CT molecular complexity index is 315. The van der Waals surface area contributed by atoms with Crippen LogP contribution in [0.4, 0.5) is 0 Å². The number of rotatable bonds is 2. The normalized spacial score (nSPS) is 29.4. The summed E-state index contributed by atoms with van der Waals surface area (Å²) in [6.45, 7) is 2.87. The number of hydrogen-bond acceptors (Lipinski definition) is 4. The highest BCUT2D eigenvalue weighted by Crippen LogP contribution is 2.26. The number of aliphatic hydroxyl groups is 1. The van der Waals surface area contributed by atoms with E-state index in [1.807, 2.05) is 6.92 Å². The molecule has 1 N–H and O–H groups in total. The van der Waals surface area contributed by atoms with E-state index in [9.17, 15) is 5.11 Å². The predicted octanol–water partition coefficient (Wildman–Crippen LogP) is 0.666. The van der Waals surface area contributed by atoms with Gasteiger partial charge < -0.3 is 9.84 Å². The fraction of sp³-hybridized carbons (Fsp3) is 0.750. The van der Waals surface area contributed by atoms with Crippen LogP contribution in [0.1, 0.15) is 23.5 Å². The maximum atomic E-state index is 9.64. The Morgan fingerprint density at radius 3 is 3.07 bits per heavy atom. The van der Waals surface area contributed by atoms with Crippen molar-refractivity contribution in [1.29, 1.82) is 0 Å². The third kappa shape index (κ3) is 1.69. The van der Waals surface area contributed by atoms with Gasteiger partial charge in [-0.05, 0) is 6.92 Å². The maximum Gasteiger partial charge on any atom is 0.105 e. The summed E-state index contributed by atoms with van der Waals surface area (Å²) in [5, 5.41) is 17.4. The van der Waals surface area contributed by atoms with E-state index in [-0.39, 0.29) is 10.9 Å². The first-order chi connectivity index (χ1) is 6.70. The Kier molecular flexibility index (Phi) is 2.85. The van der Waals surface area contributed by atoms with Crippen LogP contribution in [0.3, 0.4) is 0 Å². The van der Waals surface area contributed by atoms with E-state index in [0.29, 0.717) is 13.2 Å². The van der Waals surface area contributed by atoms with Crippen molar-refractivity contribution in [3.63, 3.8) is 0 Å².